The average Bonchev–Trinajstić information content (AvgIpc) is 2.58. The van der Waals surface area contributed by atoms with Crippen LogP contribution in [0.1, 0.15) is 49.4 Å². The quantitative estimate of drug-likeness (QED) is 0.929. The van der Waals surface area contributed by atoms with Gasteiger partial charge in [0.1, 0.15) is 0 Å². The number of nitrogens with one attached hydrogen (secondary N) is 1. The Hall–Kier alpha value is -1.74. The van der Waals surface area contributed by atoms with Gasteiger partial charge in [0, 0.05) is 24.0 Å². The number of likely N-dealkylation sites (N-methyl/N-ethyl adjacent to an activating group) is 1. The standard InChI is InChI=1S/C18H23N3/c1-19-17(16-14-20-12-13-21-16)18(10-6-3-7-11-18)15-8-4-2-5-9-15/h2,4-5,8-9,12-14,17,19H,3,6-7,10-11H2,1H3. The van der Waals surface area contributed by atoms with E-state index in [0.29, 0.717) is 0 Å². The van der Waals surface area contributed by atoms with Crippen molar-refractivity contribution in [1.82, 2.24) is 15.3 Å². The van der Waals surface area contributed by atoms with Crippen molar-refractivity contribution in [2.24, 2.45) is 0 Å². The number of benzene rings is 1. The van der Waals surface area contributed by atoms with Gasteiger partial charge in [-0.25, -0.2) is 0 Å². The van der Waals surface area contributed by atoms with Crippen LogP contribution in [-0.4, -0.2) is 17.0 Å². The fraction of sp³-hybridized carbons (Fsp3) is 0.444. The van der Waals surface area contributed by atoms with Crippen LogP contribution in [0.5, 0.6) is 0 Å². The van der Waals surface area contributed by atoms with E-state index >= 15 is 0 Å². The molecule has 1 N–H and O–H groups in total. The summed E-state index contributed by atoms with van der Waals surface area (Å²) in [7, 11) is 2.04. The summed E-state index contributed by atoms with van der Waals surface area (Å²) in [5.74, 6) is 0. The summed E-state index contributed by atoms with van der Waals surface area (Å²) in [6.07, 6.45) is 11.8. The third-order valence-electron chi connectivity index (χ3n) is 4.81. The predicted octanol–water partition coefficient (Wildman–Crippen LogP) is 3.64. The SMILES string of the molecule is CNC(c1cnccn1)C1(c2ccccc2)CCCCC1. The second-order valence-electron chi connectivity index (χ2n) is 5.93. The molecule has 1 aliphatic carbocycles. The highest BCUT2D eigenvalue weighted by atomic mass is 14.9. The molecule has 0 amide bonds. The van der Waals surface area contributed by atoms with Crippen LogP contribution in [0.25, 0.3) is 0 Å². The molecule has 1 atom stereocenters. The maximum atomic E-state index is 4.57. The molecule has 0 aliphatic heterocycles. The Labute approximate surface area is 126 Å². The van der Waals surface area contributed by atoms with Gasteiger partial charge in [0.25, 0.3) is 0 Å². The molecule has 3 heteroatoms. The first kappa shape index (κ1) is 14.2. The van der Waals surface area contributed by atoms with Gasteiger partial charge in [-0.1, -0.05) is 49.6 Å². The fourth-order valence-corrected chi connectivity index (χ4v) is 3.86. The molecule has 0 saturated heterocycles. The van der Waals surface area contributed by atoms with Crippen molar-refractivity contribution in [3.8, 4) is 0 Å². The van der Waals surface area contributed by atoms with Gasteiger partial charge in [-0.3, -0.25) is 9.97 Å². The van der Waals surface area contributed by atoms with Gasteiger partial charge >= 0.3 is 0 Å². The summed E-state index contributed by atoms with van der Waals surface area (Å²) in [6, 6.07) is 11.1. The summed E-state index contributed by atoms with van der Waals surface area (Å²) >= 11 is 0. The van der Waals surface area contributed by atoms with Crippen molar-refractivity contribution < 1.29 is 0 Å². The zero-order chi connectivity index (χ0) is 14.5. The van der Waals surface area contributed by atoms with Crippen molar-refractivity contribution in [2.45, 2.75) is 43.6 Å². The van der Waals surface area contributed by atoms with Crippen LogP contribution in [0.2, 0.25) is 0 Å². The Bertz CT molecular complexity index is 547. The molecule has 1 aliphatic rings. The number of aromatic nitrogens is 2. The largest absolute Gasteiger partial charge is 0.311 e. The molecule has 1 aromatic carbocycles. The molecule has 110 valence electrons. The fourth-order valence-electron chi connectivity index (χ4n) is 3.86. The predicted molar refractivity (Wildman–Crippen MR) is 85.0 cm³/mol. The molecule has 1 saturated carbocycles. The van der Waals surface area contributed by atoms with Gasteiger partial charge < -0.3 is 5.32 Å². The molecule has 1 fully saturated rings. The van der Waals surface area contributed by atoms with Crippen molar-refractivity contribution >= 4 is 0 Å². The molecule has 1 aromatic heterocycles. The smallest absolute Gasteiger partial charge is 0.0765 e. The first-order chi connectivity index (χ1) is 10.4. The van der Waals surface area contributed by atoms with E-state index in [2.05, 4.69) is 45.6 Å². The van der Waals surface area contributed by atoms with Gasteiger partial charge in [0.05, 0.1) is 11.7 Å². The molecular formula is C18H23N3. The van der Waals surface area contributed by atoms with E-state index in [1.807, 2.05) is 13.2 Å². The van der Waals surface area contributed by atoms with Gasteiger partial charge in [0.2, 0.25) is 0 Å². The lowest BCUT2D eigenvalue weighted by Crippen LogP contribution is -2.42. The molecule has 1 unspecified atom stereocenters. The Morgan fingerprint density at radius 1 is 1.05 bits per heavy atom. The van der Waals surface area contributed by atoms with E-state index in [0.717, 1.165) is 5.69 Å². The van der Waals surface area contributed by atoms with Crippen LogP contribution in [0, 0.1) is 0 Å². The lowest BCUT2D eigenvalue weighted by Gasteiger charge is -2.44. The lowest BCUT2D eigenvalue weighted by atomic mass is 9.64. The third-order valence-corrected chi connectivity index (χ3v) is 4.81. The van der Waals surface area contributed by atoms with E-state index in [-0.39, 0.29) is 11.5 Å². The van der Waals surface area contributed by atoms with Gasteiger partial charge in [0.15, 0.2) is 0 Å². The molecule has 2 aromatic rings. The second-order valence-corrected chi connectivity index (χ2v) is 5.93. The highest BCUT2D eigenvalue weighted by molar-refractivity contribution is 5.31. The number of hydrogen-bond donors (Lipinski definition) is 1. The van der Waals surface area contributed by atoms with E-state index in [1.54, 1.807) is 12.4 Å². The van der Waals surface area contributed by atoms with E-state index < -0.39 is 0 Å². The summed E-state index contributed by atoms with van der Waals surface area (Å²) < 4.78 is 0. The first-order valence-electron chi connectivity index (χ1n) is 7.85. The topological polar surface area (TPSA) is 37.8 Å². The van der Waals surface area contributed by atoms with Crippen LogP contribution in [0.15, 0.2) is 48.9 Å². The summed E-state index contributed by atoms with van der Waals surface area (Å²) in [4.78, 5) is 8.84. The molecule has 21 heavy (non-hydrogen) atoms. The average molecular weight is 281 g/mol. The number of rotatable bonds is 4. The first-order valence-corrected chi connectivity index (χ1v) is 7.85. The minimum atomic E-state index is 0.129. The summed E-state index contributed by atoms with van der Waals surface area (Å²) in [5, 5.41) is 3.52. The molecule has 1 heterocycles. The monoisotopic (exact) mass is 281 g/mol. The number of hydrogen-bond acceptors (Lipinski definition) is 3. The molecule has 0 spiro atoms. The van der Waals surface area contributed by atoms with E-state index in [4.69, 9.17) is 0 Å². The van der Waals surface area contributed by atoms with E-state index in [1.165, 1.54) is 37.7 Å². The van der Waals surface area contributed by atoms with Gasteiger partial charge in [-0.2, -0.15) is 0 Å². The van der Waals surface area contributed by atoms with E-state index in [9.17, 15) is 0 Å². The van der Waals surface area contributed by atoms with Crippen LogP contribution in [-0.2, 0) is 5.41 Å². The van der Waals surface area contributed by atoms with Crippen molar-refractivity contribution in [3.05, 3.63) is 60.2 Å². The highest BCUT2D eigenvalue weighted by Gasteiger charge is 2.42. The molecule has 3 nitrogen and oxygen atoms in total. The van der Waals surface area contributed by atoms with Crippen LogP contribution in [0.4, 0.5) is 0 Å². The maximum absolute atomic E-state index is 4.57. The zero-order valence-corrected chi connectivity index (χ0v) is 12.6. The Kier molecular flexibility index (Phi) is 4.30. The van der Waals surface area contributed by atoms with Gasteiger partial charge in [-0.05, 0) is 25.5 Å². The second kappa shape index (κ2) is 6.35. The maximum Gasteiger partial charge on any atom is 0.0765 e. The Morgan fingerprint density at radius 2 is 1.81 bits per heavy atom. The number of nitrogens with zero attached hydrogens (tertiary/aromatic N) is 2. The summed E-state index contributed by atoms with van der Waals surface area (Å²) in [5.41, 5.74) is 2.60. The van der Waals surface area contributed by atoms with Crippen LogP contribution < -0.4 is 5.32 Å². The van der Waals surface area contributed by atoms with Crippen molar-refractivity contribution in [2.75, 3.05) is 7.05 Å². The molecular weight excluding hydrogens is 258 g/mol. The Balaban J connectivity index is 2.06. The van der Waals surface area contributed by atoms with Crippen LogP contribution >= 0.6 is 0 Å². The van der Waals surface area contributed by atoms with Crippen LogP contribution in [0.3, 0.4) is 0 Å². The molecule has 0 radical (unpaired) electrons. The zero-order valence-electron chi connectivity index (χ0n) is 12.6. The minimum absolute atomic E-state index is 0.129. The summed E-state index contributed by atoms with van der Waals surface area (Å²) in [6.45, 7) is 0. The van der Waals surface area contributed by atoms with Crippen molar-refractivity contribution in [3.63, 3.8) is 0 Å². The lowest BCUT2D eigenvalue weighted by molar-refractivity contribution is 0.217. The minimum Gasteiger partial charge on any atom is -0.311 e. The Morgan fingerprint density at radius 3 is 2.43 bits per heavy atom. The normalized spacial score (nSPS) is 19.1. The van der Waals surface area contributed by atoms with Crippen molar-refractivity contribution in [1.29, 1.82) is 0 Å². The highest BCUT2D eigenvalue weighted by Crippen LogP contribution is 2.47. The third kappa shape index (κ3) is 2.70. The van der Waals surface area contributed by atoms with Gasteiger partial charge in [-0.15, -0.1) is 0 Å². The molecule has 0 bridgehead atoms. The molecule has 3 rings (SSSR count).